The van der Waals surface area contributed by atoms with Gasteiger partial charge in [0.05, 0.1) is 4.90 Å². The molecule has 0 spiro atoms. The molecule has 0 aliphatic heterocycles. The Morgan fingerprint density at radius 1 is 1.08 bits per heavy atom. The van der Waals surface area contributed by atoms with Gasteiger partial charge in [-0.2, -0.15) is 8.42 Å². The molecule has 0 amide bonds. The van der Waals surface area contributed by atoms with Crippen LogP contribution in [0.15, 0.2) is 53.4 Å². The zero-order valence-electron chi connectivity index (χ0n) is 13.9. The second kappa shape index (κ2) is 6.38. The van der Waals surface area contributed by atoms with Crippen LogP contribution >= 0.6 is 0 Å². The summed E-state index contributed by atoms with van der Waals surface area (Å²) in [6.45, 7) is 4.11. The summed E-state index contributed by atoms with van der Waals surface area (Å²) in [5, 5.41) is 14.6. The van der Waals surface area contributed by atoms with Gasteiger partial charge in [0.15, 0.2) is 0 Å². The van der Waals surface area contributed by atoms with Crippen molar-refractivity contribution in [1.82, 2.24) is 0 Å². The number of phenols is 1. The maximum Gasteiger partial charge on any atom is 0.294 e. The highest BCUT2D eigenvalue weighted by atomic mass is 32.2. The molecule has 0 fully saturated rings. The molecular weight excluding hydrogens is 338 g/mol. The number of nitrogens with one attached hydrogen (secondary N) is 1. The van der Waals surface area contributed by atoms with Gasteiger partial charge in [-0.15, -0.1) is 0 Å². The van der Waals surface area contributed by atoms with Gasteiger partial charge in [-0.05, 0) is 48.1 Å². The van der Waals surface area contributed by atoms with E-state index in [0.29, 0.717) is 10.8 Å². The Labute approximate surface area is 146 Å². The first-order valence-corrected chi connectivity index (χ1v) is 9.33. The molecule has 0 aromatic heterocycles. The van der Waals surface area contributed by atoms with Crippen molar-refractivity contribution in [3.8, 4) is 5.75 Å². The molecule has 0 aliphatic carbocycles. The normalized spacial score (nSPS) is 11.6. The number of aryl methyl sites for hydroxylation is 2. The Kier molecular flexibility index (Phi) is 4.41. The summed E-state index contributed by atoms with van der Waals surface area (Å²) < 4.78 is 31.7. The lowest BCUT2D eigenvalue weighted by Gasteiger charge is -2.15. The largest absolute Gasteiger partial charge is 0.507 e. The molecule has 0 radical (unpaired) electrons. The molecule has 0 bridgehead atoms. The second-order valence-corrected chi connectivity index (χ2v) is 7.36. The Morgan fingerprint density at radius 2 is 1.84 bits per heavy atom. The molecule has 130 valence electrons. The van der Waals surface area contributed by atoms with E-state index in [1.54, 1.807) is 18.2 Å². The van der Waals surface area contributed by atoms with E-state index in [1.165, 1.54) is 11.6 Å². The number of phenolic OH excluding ortho intramolecular Hbond substituents is 1. The van der Waals surface area contributed by atoms with Crippen molar-refractivity contribution in [2.24, 2.45) is 0 Å². The van der Waals surface area contributed by atoms with E-state index in [4.69, 9.17) is 4.55 Å². The van der Waals surface area contributed by atoms with E-state index in [2.05, 4.69) is 18.3 Å². The van der Waals surface area contributed by atoms with E-state index in [-0.39, 0.29) is 10.6 Å². The van der Waals surface area contributed by atoms with Crippen molar-refractivity contribution < 1.29 is 18.1 Å². The van der Waals surface area contributed by atoms with Crippen LogP contribution in [-0.4, -0.2) is 18.1 Å². The fourth-order valence-electron chi connectivity index (χ4n) is 2.88. The highest BCUT2D eigenvalue weighted by Crippen LogP contribution is 2.33. The Bertz CT molecular complexity index is 1060. The number of hydrogen-bond acceptors (Lipinski definition) is 4. The van der Waals surface area contributed by atoms with Gasteiger partial charge in [0, 0.05) is 22.8 Å². The molecule has 25 heavy (non-hydrogen) atoms. The average Bonchev–Trinajstić information content (AvgIpc) is 2.56. The van der Waals surface area contributed by atoms with Gasteiger partial charge in [-0.1, -0.05) is 31.2 Å². The Morgan fingerprint density at radius 3 is 2.52 bits per heavy atom. The minimum absolute atomic E-state index is 0.200. The van der Waals surface area contributed by atoms with Crippen LogP contribution in [0.5, 0.6) is 5.75 Å². The molecule has 0 aliphatic rings. The van der Waals surface area contributed by atoms with E-state index in [1.807, 2.05) is 19.1 Å². The first-order valence-electron chi connectivity index (χ1n) is 7.89. The zero-order valence-corrected chi connectivity index (χ0v) is 14.8. The number of aromatic hydroxyl groups is 1. The first-order chi connectivity index (χ1) is 11.8. The van der Waals surface area contributed by atoms with Crippen molar-refractivity contribution in [1.29, 1.82) is 0 Å². The molecule has 5 nitrogen and oxygen atoms in total. The quantitative estimate of drug-likeness (QED) is 0.602. The highest BCUT2D eigenvalue weighted by Gasteiger charge is 2.14. The zero-order chi connectivity index (χ0) is 18.2. The van der Waals surface area contributed by atoms with E-state index in [0.717, 1.165) is 29.4 Å². The molecule has 0 atom stereocenters. The van der Waals surface area contributed by atoms with Crippen LogP contribution in [0.1, 0.15) is 18.1 Å². The maximum atomic E-state index is 11.3. The van der Waals surface area contributed by atoms with Gasteiger partial charge in [-0.3, -0.25) is 4.55 Å². The van der Waals surface area contributed by atoms with Gasteiger partial charge >= 0.3 is 0 Å². The number of para-hydroxylation sites is 1. The summed E-state index contributed by atoms with van der Waals surface area (Å²) in [4.78, 5) is -0.328. The molecule has 3 rings (SSSR count). The summed E-state index contributed by atoms with van der Waals surface area (Å²) in [6.07, 6.45) is 0.889. The third-order valence-electron chi connectivity index (χ3n) is 4.21. The van der Waals surface area contributed by atoms with Crippen LogP contribution in [0.25, 0.3) is 10.8 Å². The average molecular weight is 357 g/mol. The van der Waals surface area contributed by atoms with Crippen molar-refractivity contribution in [3.05, 3.63) is 59.7 Å². The van der Waals surface area contributed by atoms with Gasteiger partial charge in [0.1, 0.15) is 5.75 Å². The number of anilines is 2. The van der Waals surface area contributed by atoms with Gasteiger partial charge < -0.3 is 10.4 Å². The van der Waals surface area contributed by atoms with Crippen LogP contribution in [-0.2, 0) is 16.5 Å². The summed E-state index contributed by atoms with van der Waals surface area (Å²) in [5.41, 5.74) is 4.11. The van der Waals surface area contributed by atoms with Crippen molar-refractivity contribution in [3.63, 3.8) is 0 Å². The SMILES string of the molecule is CCc1cccc(C)c1Nc1ccc2cc(S(=O)(=O)O)cc(O)c2c1. The van der Waals surface area contributed by atoms with Gasteiger partial charge in [0.2, 0.25) is 0 Å². The Balaban J connectivity index is 2.07. The van der Waals surface area contributed by atoms with Crippen LogP contribution in [0.2, 0.25) is 0 Å². The fraction of sp³-hybridized carbons (Fsp3) is 0.158. The summed E-state index contributed by atoms with van der Waals surface area (Å²) >= 11 is 0. The fourth-order valence-corrected chi connectivity index (χ4v) is 3.42. The molecule has 0 saturated carbocycles. The van der Waals surface area contributed by atoms with Crippen molar-refractivity contribution in [2.45, 2.75) is 25.2 Å². The van der Waals surface area contributed by atoms with Crippen molar-refractivity contribution >= 4 is 32.3 Å². The lowest BCUT2D eigenvalue weighted by Crippen LogP contribution is -1.99. The third kappa shape index (κ3) is 3.45. The van der Waals surface area contributed by atoms with Crippen LogP contribution in [0, 0.1) is 6.92 Å². The predicted octanol–water partition coefficient (Wildman–Crippen LogP) is 4.41. The van der Waals surface area contributed by atoms with Crippen LogP contribution < -0.4 is 5.32 Å². The number of fused-ring (bicyclic) bond motifs is 1. The van der Waals surface area contributed by atoms with Gasteiger partial charge in [-0.25, -0.2) is 0 Å². The standard InChI is InChI=1S/C19H19NO4S/c1-3-13-6-4-5-12(2)19(13)20-15-8-7-14-9-16(25(22,23)24)11-18(21)17(14)10-15/h4-11,20-21H,3H2,1-2H3,(H,22,23,24). The second-order valence-electron chi connectivity index (χ2n) is 5.94. The number of hydrogen-bond donors (Lipinski definition) is 3. The maximum absolute atomic E-state index is 11.3. The third-order valence-corrected chi connectivity index (χ3v) is 5.04. The summed E-state index contributed by atoms with van der Waals surface area (Å²) in [5.74, 6) is -0.200. The molecule has 3 aromatic rings. The summed E-state index contributed by atoms with van der Waals surface area (Å²) in [7, 11) is -4.37. The minimum Gasteiger partial charge on any atom is -0.507 e. The van der Waals surface area contributed by atoms with Crippen LogP contribution in [0.3, 0.4) is 0 Å². The molecular formula is C19H19NO4S. The topological polar surface area (TPSA) is 86.6 Å². The molecule has 0 saturated heterocycles. The first kappa shape index (κ1) is 17.3. The molecule has 0 unspecified atom stereocenters. The van der Waals surface area contributed by atoms with Crippen LogP contribution in [0.4, 0.5) is 11.4 Å². The lowest BCUT2D eigenvalue weighted by molar-refractivity contribution is 0.471. The summed E-state index contributed by atoms with van der Waals surface area (Å²) in [6, 6.07) is 13.8. The smallest absolute Gasteiger partial charge is 0.294 e. The Hall–Kier alpha value is -2.57. The van der Waals surface area contributed by atoms with E-state index < -0.39 is 10.1 Å². The lowest BCUT2D eigenvalue weighted by atomic mass is 10.0. The number of benzene rings is 3. The predicted molar refractivity (Wildman–Crippen MR) is 99.3 cm³/mol. The minimum atomic E-state index is -4.37. The van der Waals surface area contributed by atoms with Crippen molar-refractivity contribution in [2.75, 3.05) is 5.32 Å². The number of rotatable bonds is 4. The van der Waals surface area contributed by atoms with E-state index >= 15 is 0 Å². The molecule has 6 heteroatoms. The molecule has 3 aromatic carbocycles. The molecule has 3 N–H and O–H groups in total. The monoisotopic (exact) mass is 357 g/mol. The molecule has 0 heterocycles. The van der Waals surface area contributed by atoms with E-state index in [9.17, 15) is 13.5 Å². The van der Waals surface area contributed by atoms with Gasteiger partial charge in [0.25, 0.3) is 10.1 Å². The highest BCUT2D eigenvalue weighted by molar-refractivity contribution is 7.85.